The third kappa shape index (κ3) is 4.26. The Morgan fingerprint density at radius 1 is 1.40 bits per heavy atom. The zero-order chi connectivity index (χ0) is 15.3. The van der Waals surface area contributed by atoms with Gasteiger partial charge in [0.15, 0.2) is 0 Å². The molecule has 112 valence electrons. The van der Waals surface area contributed by atoms with E-state index in [0.29, 0.717) is 10.9 Å². The number of nitrogens with zero attached hydrogens (tertiary/aromatic N) is 1. The summed E-state index contributed by atoms with van der Waals surface area (Å²) in [7, 11) is 2.40. The van der Waals surface area contributed by atoms with Gasteiger partial charge in [0.2, 0.25) is 5.88 Å². The van der Waals surface area contributed by atoms with Crippen molar-refractivity contribution >= 4 is 21.9 Å². The molecule has 0 atom stereocenters. The van der Waals surface area contributed by atoms with E-state index in [-0.39, 0.29) is 11.3 Å². The third-order valence-corrected chi connectivity index (χ3v) is 2.87. The first-order chi connectivity index (χ1) is 9.32. The van der Waals surface area contributed by atoms with Crippen molar-refractivity contribution in [3.8, 4) is 11.6 Å². The van der Waals surface area contributed by atoms with E-state index >= 15 is 0 Å². The first kappa shape index (κ1) is 16.5. The molecule has 5 nitrogen and oxygen atoms in total. The molecule has 0 aliphatic rings. The molecule has 1 aromatic heterocycles. The van der Waals surface area contributed by atoms with Gasteiger partial charge < -0.3 is 14.2 Å². The van der Waals surface area contributed by atoms with Gasteiger partial charge in [-0.05, 0) is 0 Å². The summed E-state index contributed by atoms with van der Waals surface area (Å²) in [4.78, 5) is 14.9. The predicted molar refractivity (Wildman–Crippen MR) is 65.8 cm³/mol. The van der Waals surface area contributed by atoms with E-state index in [1.54, 1.807) is 0 Å². The number of carbonyl (C=O) groups is 1. The van der Waals surface area contributed by atoms with Gasteiger partial charge in [-0.25, -0.2) is 4.98 Å². The highest BCUT2D eigenvalue weighted by Gasteiger charge is 2.34. The molecule has 0 bridgehead atoms. The summed E-state index contributed by atoms with van der Waals surface area (Å²) in [5.41, 5.74) is 0.370. The normalized spacial score (nSPS) is 11.1. The van der Waals surface area contributed by atoms with E-state index in [1.807, 2.05) is 0 Å². The van der Waals surface area contributed by atoms with Crippen LogP contribution in [-0.4, -0.2) is 31.5 Å². The molecule has 0 aromatic carbocycles. The maximum atomic E-state index is 12.3. The van der Waals surface area contributed by atoms with Crippen LogP contribution < -0.4 is 9.47 Å². The van der Waals surface area contributed by atoms with Crippen molar-refractivity contribution in [1.82, 2.24) is 4.98 Å². The number of esters is 1. The molecule has 0 aliphatic carbocycles. The minimum atomic E-state index is -4.92. The molecule has 0 saturated carbocycles. The zero-order valence-electron chi connectivity index (χ0n) is 10.6. The number of alkyl halides is 4. The molecular weight excluding hydrogens is 347 g/mol. The molecule has 0 aliphatic heterocycles. The summed E-state index contributed by atoms with van der Waals surface area (Å²) < 4.78 is 50.3. The molecule has 1 heterocycles. The average Bonchev–Trinajstić information content (AvgIpc) is 2.38. The van der Waals surface area contributed by atoms with Gasteiger partial charge in [0, 0.05) is 17.1 Å². The monoisotopic (exact) mass is 357 g/mol. The number of carbonyl (C=O) groups excluding carboxylic acids is 1. The summed E-state index contributed by atoms with van der Waals surface area (Å²) in [6, 6.07) is 0. The Hall–Kier alpha value is -1.51. The van der Waals surface area contributed by atoms with E-state index < -0.39 is 24.6 Å². The minimum Gasteiger partial charge on any atom is -0.496 e. The first-order valence-electron chi connectivity index (χ1n) is 5.25. The number of pyridine rings is 1. The number of halogens is 4. The third-order valence-electron chi connectivity index (χ3n) is 2.27. The fourth-order valence-electron chi connectivity index (χ4n) is 1.48. The zero-order valence-corrected chi connectivity index (χ0v) is 12.2. The van der Waals surface area contributed by atoms with E-state index in [4.69, 9.17) is 4.74 Å². The Bertz CT molecular complexity index is 493. The first-order valence-corrected chi connectivity index (χ1v) is 6.37. The molecule has 0 spiro atoms. The molecule has 0 unspecified atom stereocenters. The van der Waals surface area contributed by atoms with E-state index in [9.17, 15) is 18.0 Å². The number of hydrogen-bond acceptors (Lipinski definition) is 5. The second-order valence-corrected chi connectivity index (χ2v) is 4.10. The molecular formula is C11H11BrF3NO4. The molecule has 9 heteroatoms. The van der Waals surface area contributed by atoms with E-state index in [0.717, 1.165) is 7.11 Å². The molecule has 0 radical (unpaired) electrons. The van der Waals surface area contributed by atoms with Crippen LogP contribution in [0.3, 0.4) is 0 Å². The number of methoxy groups -OCH3 is 2. The van der Waals surface area contributed by atoms with Crippen LogP contribution in [0.25, 0.3) is 0 Å². The van der Waals surface area contributed by atoms with Crippen LogP contribution in [0.4, 0.5) is 13.2 Å². The van der Waals surface area contributed by atoms with Crippen LogP contribution in [0.15, 0.2) is 6.20 Å². The van der Waals surface area contributed by atoms with Gasteiger partial charge >= 0.3 is 12.3 Å². The second-order valence-electron chi connectivity index (χ2n) is 3.53. The fraction of sp³-hybridized carbons (Fsp3) is 0.455. The lowest BCUT2D eigenvalue weighted by Crippen LogP contribution is -2.20. The molecule has 0 N–H and O–H groups in total. The fourth-order valence-corrected chi connectivity index (χ4v) is 1.88. The van der Waals surface area contributed by atoms with Crippen molar-refractivity contribution in [2.45, 2.75) is 18.1 Å². The van der Waals surface area contributed by atoms with Gasteiger partial charge in [0.05, 0.1) is 26.2 Å². The van der Waals surface area contributed by atoms with Crippen LogP contribution in [0.2, 0.25) is 0 Å². The van der Waals surface area contributed by atoms with Crippen molar-refractivity contribution in [2.75, 3.05) is 14.2 Å². The van der Waals surface area contributed by atoms with Gasteiger partial charge in [-0.15, -0.1) is 13.2 Å². The maximum absolute atomic E-state index is 12.3. The smallest absolute Gasteiger partial charge is 0.496 e. The molecule has 20 heavy (non-hydrogen) atoms. The van der Waals surface area contributed by atoms with Gasteiger partial charge in [-0.1, -0.05) is 15.9 Å². The highest BCUT2D eigenvalue weighted by atomic mass is 79.9. The predicted octanol–water partition coefficient (Wildman–Crippen LogP) is 2.60. The lowest BCUT2D eigenvalue weighted by molar-refractivity contribution is -0.276. The van der Waals surface area contributed by atoms with Crippen molar-refractivity contribution in [1.29, 1.82) is 0 Å². The molecule has 0 fully saturated rings. The van der Waals surface area contributed by atoms with Crippen molar-refractivity contribution in [2.24, 2.45) is 0 Å². The summed E-state index contributed by atoms with van der Waals surface area (Å²) in [6.45, 7) is 0. The van der Waals surface area contributed by atoms with Crippen LogP contribution in [0.1, 0.15) is 11.1 Å². The Morgan fingerprint density at radius 2 is 2.05 bits per heavy atom. The van der Waals surface area contributed by atoms with Gasteiger partial charge in [-0.2, -0.15) is 0 Å². The topological polar surface area (TPSA) is 57.7 Å². The second kappa shape index (κ2) is 6.78. The summed E-state index contributed by atoms with van der Waals surface area (Å²) in [5.74, 6) is -1.37. The summed E-state index contributed by atoms with van der Waals surface area (Å²) in [5, 5.41) is 0.295. The average molecular weight is 358 g/mol. The Labute approximate surface area is 121 Å². The number of ether oxygens (including phenoxy) is 3. The van der Waals surface area contributed by atoms with E-state index in [1.165, 1.54) is 13.3 Å². The molecule has 1 aromatic rings. The molecule has 0 amide bonds. The van der Waals surface area contributed by atoms with Crippen molar-refractivity contribution in [3.63, 3.8) is 0 Å². The van der Waals surface area contributed by atoms with Crippen molar-refractivity contribution in [3.05, 3.63) is 17.3 Å². The van der Waals surface area contributed by atoms with Crippen molar-refractivity contribution < 1.29 is 32.2 Å². The number of hydrogen-bond donors (Lipinski definition) is 0. The maximum Gasteiger partial charge on any atom is 0.574 e. The number of rotatable bonds is 5. The van der Waals surface area contributed by atoms with Crippen LogP contribution in [0.5, 0.6) is 11.6 Å². The summed E-state index contributed by atoms with van der Waals surface area (Å²) in [6.07, 6.45) is -4.19. The van der Waals surface area contributed by atoms with Crippen LogP contribution >= 0.6 is 15.9 Å². The lowest BCUT2D eigenvalue weighted by atomic mass is 10.1. The van der Waals surface area contributed by atoms with E-state index in [2.05, 4.69) is 30.4 Å². The highest BCUT2D eigenvalue weighted by Crippen LogP contribution is 2.34. The van der Waals surface area contributed by atoms with Gasteiger partial charge in [-0.3, -0.25) is 4.79 Å². The Morgan fingerprint density at radius 3 is 2.50 bits per heavy atom. The van der Waals surface area contributed by atoms with Gasteiger partial charge in [0.25, 0.3) is 0 Å². The Kier molecular flexibility index (Phi) is 5.61. The molecule has 0 saturated heterocycles. The Balaban J connectivity index is 3.31. The number of aromatic nitrogens is 1. The summed E-state index contributed by atoms with van der Waals surface area (Å²) >= 11 is 3.15. The standard InChI is InChI=1S/C11H11BrF3NO4/c1-18-8(17)3-7-9(19-2)6(4-12)5-16-10(7)20-11(13,14)15/h5H,3-4H2,1-2H3. The highest BCUT2D eigenvalue weighted by molar-refractivity contribution is 9.08. The largest absolute Gasteiger partial charge is 0.574 e. The van der Waals surface area contributed by atoms with Gasteiger partial charge in [0.1, 0.15) is 5.75 Å². The SMILES string of the molecule is COC(=O)Cc1c(OC(F)(F)F)ncc(CBr)c1OC. The quantitative estimate of drug-likeness (QED) is 0.598. The van der Waals surface area contributed by atoms with Crippen LogP contribution in [-0.2, 0) is 21.3 Å². The van der Waals surface area contributed by atoms with Crippen LogP contribution in [0, 0.1) is 0 Å². The minimum absolute atomic E-state index is 0.0986. The lowest BCUT2D eigenvalue weighted by Gasteiger charge is -2.16. The molecule has 1 rings (SSSR count).